The van der Waals surface area contributed by atoms with Gasteiger partial charge in [0.15, 0.2) is 5.16 Å². The van der Waals surface area contributed by atoms with Gasteiger partial charge in [0.2, 0.25) is 0 Å². The first-order chi connectivity index (χ1) is 9.01. The molecule has 2 rings (SSSR count). The van der Waals surface area contributed by atoms with E-state index in [0.29, 0.717) is 11.6 Å². The van der Waals surface area contributed by atoms with Gasteiger partial charge in [0.1, 0.15) is 0 Å². The Morgan fingerprint density at radius 3 is 2.32 bits per heavy atom. The molecule has 1 aromatic carbocycles. The first-order valence-electron chi connectivity index (χ1n) is 5.99. The monoisotopic (exact) mass is 293 g/mol. The fraction of sp³-hybridized carbons (Fsp3) is 0.286. The van der Waals surface area contributed by atoms with E-state index in [1.54, 1.807) is 0 Å². The van der Waals surface area contributed by atoms with Crippen molar-refractivity contribution in [3.05, 3.63) is 45.7 Å². The molecule has 1 heterocycles. The van der Waals surface area contributed by atoms with Gasteiger partial charge in [0.05, 0.1) is 0 Å². The minimum Gasteiger partial charge on any atom is -0.326 e. The molecule has 0 radical (unpaired) electrons. The van der Waals surface area contributed by atoms with Crippen LogP contribution in [0.15, 0.2) is 28.3 Å². The highest BCUT2D eigenvalue weighted by Crippen LogP contribution is 2.29. The molecule has 0 aliphatic heterocycles. The maximum atomic E-state index is 6.15. The second kappa shape index (κ2) is 5.90. The lowest BCUT2D eigenvalue weighted by atomic mass is 10.2. The number of hydrogen-bond acceptors (Lipinski definition) is 4. The highest BCUT2D eigenvalue weighted by atomic mass is 35.5. The lowest BCUT2D eigenvalue weighted by Crippen LogP contribution is -1.98. The van der Waals surface area contributed by atoms with Crippen LogP contribution in [0.3, 0.4) is 0 Å². The minimum absolute atomic E-state index is 0.447. The zero-order valence-corrected chi connectivity index (χ0v) is 12.8. The van der Waals surface area contributed by atoms with Gasteiger partial charge in [-0.3, -0.25) is 0 Å². The summed E-state index contributed by atoms with van der Waals surface area (Å²) in [5.74, 6) is 0. The van der Waals surface area contributed by atoms with Gasteiger partial charge < -0.3 is 5.73 Å². The Morgan fingerprint density at radius 1 is 1.16 bits per heavy atom. The van der Waals surface area contributed by atoms with Crippen molar-refractivity contribution in [3.63, 3.8) is 0 Å². The molecule has 19 heavy (non-hydrogen) atoms. The molecule has 1 aromatic heterocycles. The number of benzene rings is 1. The molecule has 5 heteroatoms. The Bertz CT molecular complexity index is 591. The Morgan fingerprint density at radius 2 is 1.79 bits per heavy atom. The number of aryl methyl sites for hydroxylation is 2. The summed E-state index contributed by atoms with van der Waals surface area (Å²) in [6.07, 6.45) is 0. The summed E-state index contributed by atoms with van der Waals surface area (Å²) < 4.78 is 0. The smallest absolute Gasteiger partial charge is 0.192 e. The van der Waals surface area contributed by atoms with E-state index in [1.165, 1.54) is 11.8 Å². The van der Waals surface area contributed by atoms with Gasteiger partial charge in [-0.15, -0.1) is 0 Å². The van der Waals surface area contributed by atoms with Crippen LogP contribution in [0.4, 0.5) is 0 Å². The normalized spacial score (nSPS) is 10.8. The number of nitrogens with zero attached hydrogens (tertiary/aromatic N) is 2. The number of hydrogen-bond donors (Lipinski definition) is 1. The summed E-state index contributed by atoms with van der Waals surface area (Å²) in [6.45, 7) is 6.48. The van der Waals surface area contributed by atoms with Crippen molar-refractivity contribution in [1.82, 2.24) is 9.97 Å². The highest BCUT2D eigenvalue weighted by Gasteiger charge is 2.07. The Labute approximate surface area is 122 Å². The second-order valence-corrected chi connectivity index (χ2v) is 5.81. The fourth-order valence-electron chi connectivity index (χ4n) is 1.65. The van der Waals surface area contributed by atoms with Gasteiger partial charge in [-0.1, -0.05) is 17.7 Å². The van der Waals surface area contributed by atoms with Crippen LogP contribution in [-0.4, -0.2) is 9.97 Å². The third-order valence-corrected chi connectivity index (χ3v) is 4.27. The topological polar surface area (TPSA) is 51.8 Å². The highest BCUT2D eigenvalue weighted by molar-refractivity contribution is 7.99. The third-order valence-electron chi connectivity index (χ3n) is 3.07. The van der Waals surface area contributed by atoms with Gasteiger partial charge in [-0.05, 0) is 55.8 Å². The quantitative estimate of drug-likeness (QED) is 0.877. The second-order valence-electron chi connectivity index (χ2n) is 4.36. The molecule has 100 valence electrons. The van der Waals surface area contributed by atoms with Crippen molar-refractivity contribution in [1.29, 1.82) is 0 Å². The molecule has 2 N–H and O–H groups in total. The first kappa shape index (κ1) is 14.3. The van der Waals surface area contributed by atoms with Crippen molar-refractivity contribution in [2.75, 3.05) is 0 Å². The molecule has 0 aliphatic carbocycles. The van der Waals surface area contributed by atoms with Crippen LogP contribution in [0, 0.1) is 20.8 Å². The average Bonchev–Trinajstić information content (AvgIpc) is 2.36. The summed E-state index contributed by atoms with van der Waals surface area (Å²) >= 11 is 7.66. The maximum absolute atomic E-state index is 6.15. The Kier molecular flexibility index (Phi) is 4.45. The van der Waals surface area contributed by atoms with E-state index in [4.69, 9.17) is 17.3 Å². The zero-order valence-electron chi connectivity index (χ0n) is 11.2. The third kappa shape index (κ3) is 3.26. The van der Waals surface area contributed by atoms with Gasteiger partial charge in [-0.2, -0.15) is 0 Å². The number of aromatic nitrogens is 2. The number of halogens is 1. The Balaban J connectivity index is 2.29. The van der Waals surface area contributed by atoms with Crippen LogP contribution in [0.1, 0.15) is 22.5 Å². The van der Waals surface area contributed by atoms with Crippen LogP contribution in [-0.2, 0) is 6.54 Å². The van der Waals surface area contributed by atoms with Crippen molar-refractivity contribution in [2.45, 2.75) is 37.4 Å². The molecule has 2 aromatic rings. The van der Waals surface area contributed by atoms with Crippen LogP contribution in [0.25, 0.3) is 0 Å². The van der Waals surface area contributed by atoms with E-state index in [-0.39, 0.29) is 0 Å². The van der Waals surface area contributed by atoms with Gasteiger partial charge in [0.25, 0.3) is 0 Å². The molecule has 0 atom stereocenters. The van der Waals surface area contributed by atoms with E-state index >= 15 is 0 Å². The maximum Gasteiger partial charge on any atom is 0.192 e. The molecule has 0 bridgehead atoms. The van der Waals surface area contributed by atoms with Gasteiger partial charge in [-0.25, -0.2) is 9.97 Å². The van der Waals surface area contributed by atoms with E-state index in [2.05, 4.69) is 9.97 Å². The summed E-state index contributed by atoms with van der Waals surface area (Å²) in [6, 6.07) is 5.84. The van der Waals surface area contributed by atoms with Crippen LogP contribution in [0.5, 0.6) is 0 Å². The molecule has 0 saturated heterocycles. The fourth-order valence-corrected chi connectivity index (χ4v) is 2.86. The summed E-state index contributed by atoms with van der Waals surface area (Å²) in [5, 5.41) is 1.44. The van der Waals surface area contributed by atoms with E-state index < -0.39 is 0 Å². The Hall–Kier alpha value is -1.10. The predicted molar refractivity (Wildman–Crippen MR) is 79.7 cm³/mol. The predicted octanol–water partition coefficient (Wildman–Crippen LogP) is 3.67. The van der Waals surface area contributed by atoms with Gasteiger partial charge in [0, 0.05) is 27.9 Å². The van der Waals surface area contributed by atoms with Crippen LogP contribution < -0.4 is 5.73 Å². The minimum atomic E-state index is 0.447. The average molecular weight is 294 g/mol. The largest absolute Gasteiger partial charge is 0.326 e. The van der Waals surface area contributed by atoms with Crippen LogP contribution >= 0.6 is 23.4 Å². The molecular weight excluding hydrogens is 278 g/mol. The van der Waals surface area contributed by atoms with Gasteiger partial charge >= 0.3 is 0 Å². The number of nitrogens with two attached hydrogens (primary N) is 1. The number of rotatable bonds is 3. The molecule has 0 spiro atoms. The molecular formula is C14H16ClN3S. The standard InChI is InChI=1S/C14H16ClN3S/c1-8-9(2)17-14(18-10(8)3)19-12-5-4-11(7-16)13(15)6-12/h4-6H,7,16H2,1-3H3. The van der Waals surface area contributed by atoms with Crippen LogP contribution in [0.2, 0.25) is 5.02 Å². The van der Waals surface area contributed by atoms with Crippen molar-refractivity contribution in [3.8, 4) is 0 Å². The lowest BCUT2D eigenvalue weighted by Gasteiger charge is -2.08. The van der Waals surface area contributed by atoms with E-state index in [0.717, 1.165) is 32.6 Å². The molecule has 0 aliphatic rings. The molecule has 0 unspecified atom stereocenters. The van der Waals surface area contributed by atoms with E-state index in [1.807, 2.05) is 39.0 Å². The molecule has 0 fully saturated rings. The summed E-state index contributed by atoms with van der Waals surface area (Å²) in [4.78, 5) is 9.99. The lowest BCUT2D eigenvalue weighted by molar-refractivity contribution is 0.881. The molecule has 0 amide bonds. The summed E-state index contributed by atoms with van der Waals surface area (Å²) in [5.41, 5.74) is 9.71. The molecule has 0 saturated carbocycles. The SMILES string of the molecule is Cc1nc(Sc2ccc(CN)c(Cl)c2)nc(C)c1C. The zero-order chi connectivity index (χ0) is 14.0. The first-order valence-corrected chi connectivity index (χ1v) is 7.19. The van der Waals surface area contributed by atoms with Crippen molar-refractivity contribution >= 4 is 23.4 Å². The van der Waals surface area contributed by atoms with Crippen molar-refractivity contribution < 1.29 is 0 Å². The molecule has 3 nitrogen and oxygen atoms in total. The summed E-state index contributed by atoms with van der Waals surface area (Å²) in [7, 11) is 0. The van der Waals surface area contributed by atoms with E-state index in [9.17, 15) is 0 Å². The van der Waals surface area contributed by atoms with Crippen molar-refractivity contribution in [2.24, 2.45) is 5.73 Å².